The molecule has 142 valence electrons. The predicted octanol–water partition coefficient (Wildman–Crippen LogP) is 1.18. The van der Waals surface area contributed by atoms with Crippen molar-refractivity contribution in [2.75, 3.05) is 13.1 Å². The zero-order valence-electron chi connectivity index (χ0n) is 14.9. The van der Waals surface area contributed by atoms with Crippen LogP contribution in [0, 0.1) is 0 Å². The second-order valence-electron chi connectivity index (χ2n) is 7.14. The number of carbonyl (C=O) groups excluding carboxylic acids is 4. The maximum atomic E-state index is 12.8. The Bertz CT molecular complexity index is 816. The van der Waals surface area contributed by atoms with Gasteiger partial charge in [-0.3, -0.25) is 19.7 Å². The van der Waals surface area contributed by atoms with Gasteiger partial charge in [0, 0.05) is 31.6 Å². The number of nitrogens with zero attached hydrogens (tertiary/aromatic N) is 2. The number of hydrogen-bond donors (Lipinski definition) is 1. The molecule has 8 heteroatoms. The number of nitrogens with one attached hydrogen (secondary N) is 1. The Balaban J connectivity index is 1.42. The molecule has 2 fully saturated rings. The van der Waals surface area contributed by atoms with Crippen molar-refractivity contribution in [1.29, 1.82) is 0 Å². The van der Waals surface area contributed by atoms with Gasteiger partial charge in [0.15, 0.2) is 0 Å². The number of likely N-dealkylation sites (tertiary alicyclic amines) is 1. The number of fused-ring (bicyclic) bond motifs is 1. The van der Waals surface area contributed by atoms with E-state index in [0.29, 0.717) is 18.5 Å². The average molecular weight is 371 g/mol. The number of imide groups is 1. The first-order valence-electron chi connectivity index (χ1n) is 9.21. The van der Waals surface area contributed by atoms with Gasteiger partial charge in [-0.05, 0) is 36.5 Å². The molecule has 0 spiro atoms. The van der Waals surface area contributed by atoms with E-state index in [9.17, 15) is 19.2 Å². The quantitative estimate of drug-likeness (QED) is 0.805. The van der Waals surface area contributed by atoms with Gasteiger partial charge in [-0.1, -0.05) is 12.1 Å². The standard InChI is InChI=1S/C19H21N3O5/c23-16-6-5-15(17(24)20-16)22-10-13-4-3-12(9-14(13)18(22)25)11-27-19(26)21-7-1-2-8-21/h3-4,9,15H,1-2,5-8,10-11H2,(H,20,23,24). The lowest BCUT2D eigenvalue weighted by atomic mass is 10.0. The van der Waals surface area contributed by atoms with Crippen LogP contribution >= 0.6 is 0 Å². The number of rotatable bonds is 3. The fraction of sp³-hybridized carbons (Fsp3) is 0.474. The fourth-order valence-corrected chi connectivity index (χ4v) is 3.83. The molecule has 4 amide bonds. The molecule has 0 radical (unpaired) electrons. The van der Waals surface area contributed by atoms with Gasteiger partial charge in [-0.2, -0.15) is 0 Å². The molecule has 3 aliphatic heterocycles. The van der Waals surface area contributed by atoms with E-state index >= 15 is 0 Å². The normalized spacial score (nSPS) is 22.1. The van der Waals surface area contributed by atoms with Crippen molar-refractivity contribution < 1.29 is 23.9 Å². The molecular weight excluding hydrogens is 350 g/mol. The van der Waals surface area contributed by atoms with Crippen molar-refractivity contribution in [2.24, 2.45) is 0 Å². The summed E-state index contributed by atoms with van der Waals surface area (Å²) in [7, 11) is 0. The molecule has 4 rings (SSSR count). The average Bonchev–Trinajstić information content (AvgIpc) is 3.29. The van der Waals surface area contributed by atoms with Crippen LogP contribution in [0.3, 0.4) is 0 Å². The van der Waals surface area contributed by atoms with E-state index in [4.69, 9.17) is 4.74 Å². The highest BCUT2D eigenvalue weighted by molar-refractivity contribution is 6.05. The van der Waals surface area contributed by atoms with Crippen LogP contribution in [0.5, 0.6) is 0 Å². The predicted molar refractivity (Wildman–Crippen MR) is 93.5 cm³/mol. The Morgan fingerprint density at radius 1 is 1.19 bits per heavy atom. The number of piperidine rings is 1. The van der Waals surface area contributed by atoms with Crippen molar-refractivity contribution in [1.82, 2.24) is 15.1 Å². The monoisotopic (exact) mass is 371 g/mol. The number of hydrogen-bond acceptors (Lipinski definition) is 5. The maximum absolute atomic E-state index is 12.8. The van der Waals surface area contributed by atoms with E-state index in [1.165, 1.54) is 4.90 Å². The topological polar surface area (TPSA) is 96.0 Å². The Morgan fingerprint density at radius 3 is 2.70 bits per heavy atom. The fourth-order valence-electron chi connectivity index (χ4n) is 3.83. The van der Waals surface area contributed by atoms with E-state index in [2.05, 4.69) is 5.32 Å². The molecule has 0 bridgehead atoms. The van der Waals surface area contributed by atoms with Crippen LogP contribution in [0.2, 0.25) is 0 Å². The molecule has 1 aromatic carbocycles. The Hall–Kier alpha value is -2.90. The summed E-state index contributed by atoms with van der Waals surface area (Å²) in [5.74, 6) is -0.957. The van der Waals surface area contributed by atoms with Crippen molar-refractivity contribution in [3.05, 3.63) is 34.9 Å². The molecule has 1 atom stereocenters. The summed E-state index contributed by atoms with van der Waals surface area (Å²) in [4.78, 5) is 51.3. The first-order valence-corrected chi connectivity index (χ1v) is 9.21. The van der Waals surface area contributed by atoms with Gasteiger partial charge in [-0.25, -0.2) is 4.79 Å². The largest absolute Gasteiger partial charge is 0.445 e. The van der Waals surface area contributed by atoms with E-state index in [-0.39, 0.29) is 30.9 Å². The lowest BCUT2D eigenvalue weighted by Crippen LogP contribution is -2.52. The van der Waals surface area contributed by atoms with Gasteiger partial charge in [0.05, 0.1) is 0 Å². The minimum absolute atomic E-state index is 0.105. The third-order valence-corrected chi connectivity index (χ3v) is 5.32. The number of ether oxygens (including phenoxy) is 1. The highest BCUT2D eigenvalue weighted by atomic mass is 16.6. The number of benzene rings is 1. The molecule has 1 N–H and O–H groups in total. The second kappa shape index (κ2) is 7.02. The molecule has 0 aromatic heterocycles. The van der Waals surface area contributed by atoms with Crippen molar-refractivity contribution >= 4 is 23.8 Å². The van der Waals surface area contributed by atoms with Gasteiger partial charge in [0.2, 0.25) is 11.8 Å². The van der Waals surface area contributed by atoms with E-state index in [1.807, 2.05) is 12.1 Å². The van der Waals surface area contributed by atoms with Crippen LogP contribution in [-0.2, 0) is 27.5 Å². The zero-order chi connectivity index (χ0) is 19.0. The molecule has 27 heavy (non-hydrogen) atoms. The summed E-state index contributed by atoms with van der Waals surface area (Å²) in [5.41, 5.74) is 2.09. The van der Waals surface area contributed by atoms with Gasteiger partial charge in [-0.15, -0.1) is 0 Å². The molecule has 1 unspecified atom stereocenters. The van der Waals surface area contributed by atoms with Crippen LogP contribution < -0.4 is 5.32 Å². The highest BCUT2D eigenvalue weighted by Crippen LogP contribution is 2.28. The van der Waals surface area contributed by atoms with Crippen LogP contribution in [0.1, 0.15) is 47.2 Å². The van der Waals surface area contributed by atoms with Gasteiger partial charge in [0.25, 0.3) is 5.91 Å². The number of carbonyl (C=O) groups is 4. The summed E-state index contributed by atoms with van der Waals surface area (Å²) >= 11 is 0. The third-order valence-electron chi connectivity index (χ3n) is 5.32. The summed E-state index contributed by atoms with van der Waals surface area (Å²) in [6.07, 6.45) is 2.24. The Labute approximate surface area is 156 Å². The summed E-state index contributed by atoms with van der Waals surface area (Å²) in [6, 6.07) is 4.76. The molecule has 3 aliphatic rings. The highest BCUT2D eigenvalue weighted by Gasteiger charge is 2.39. The van der Waals surface area contributed by atoms with Crippen molar-refractivity contribution in [3.63, 3.8) is 0 Å². The van der Waals surface area contributed by atoms with E-state index < -0.39 is 11.9 Å². The second-order valence-corrected chi connectivity index (χ2v) is 7.14. The summed E-state index contributed by atoms with van der Waals surface area (Å²) < 4.78 is 5.34. The molecule has 2 saturated heterocycles. The smallest absolute Gasteiger partial charge is 0.410 e. The maximum Gasteiger partial charge on any atom is 0.410 e. The summed E-state index contributed by atoms with van der Waals surface area (Å²) in [5, 5.41) is 2.29. The van der Waals surface area contributed by atoms with Crippen LogP contribution in [-0.4, -0.2) is 52.7 Å². The number of amides is 4. The van der Waals surface area contributed by atoms with E-state index in [1.54, 1.807) is 11.0 Å². The van der Waals surface area contributed by atoms with Crippen molar-refractivity contribution in [2.45, 2.75) is 44.9 Å². The molecular formula is C19H21N3O5. The lowest BCUT2D eigenvalue weighted by Gasteiger charge is -2.29. The lowest BCUT2D eigenvalue weighted by molar-refractivity contribution is -0.136. The molecule has 8 nitrogen and oxygen atoms in total. The SMILES string of the molecule is O=C1CCC(N2Cc3ccc(COC(=O)N4CCCC4)cc3C2=O)C(=O)N1. The molecule has 1 aromatic rings. The van der Waals surface area contributed by atoms with Crippen LogP contribution in [0.15, 0.2) is 18.2 Å². The van der Waals surface area contributed by atoms with E-state index in [0.717, 1.165) is 37.1 Å². The van der Waals surface area contributed by atoms with Crippen LogP contribution in [0.4, 0.5) is 4.79 Å². The molecule has 3 heterocycles. The molecule has 0 saturated carbocycles. The van der Waals surface area contributed by atoms with Crippen molar-refractivity contribution in [3.8, 4) is 0 Å². The Kier molecular flexibility index (Phi) is 4.55. The Morgan fingerprint density at radius 2 is 1.96 bits per heavy atom. The zero-order valence-corrected chi connectivity index (χ0v) is 14.9. The molecule has 0 aliphatic carbocycles. The van der Waals surface area contributed by atoms with Gasteiger partial charge < -0.3 is 14.5 Å². The van der Waals surface area contributed by atoms with Gasteiger partial charge >= 0.3 is 6.09 Å². The van der Waals surface area contributed by atoms with Gasteiger partial charge in [0.1, 0.15) is 12.6 Å². The van der Waals surface area contributed by atoms with Crippen LogP contribution in [0.25, 0.3) is 0 Å². The minimum atomic E-state index is -0.626. The first kappa shape index (κ1) is 17.5. The summed E-state index contributed by atoms with van der Waals surface area (Å²) in [6.45, 7) is 1.90. The minimum Gasteiger partial charge on any atom is -0.445 e. The third kappa shape index (κ3) is 3.39. The first-order chi connectivity index (χ1) is 13.0.